The van der Waals surface area contributed by atoms with E-state index in [-0.39, 0.29) is 18.1 Å². The minimum absolute atomic E-state index is 0.180. The first kappa shape index (κ1) is 12.8. The molecule has 0 spiro atoms. The number of rotatable bonds is 3. The SMILES string of the molecule is C=CC(N)N(C)C1=CC2C(=NC=NC2C)C=C1C. The Labute approximate surface area is 108 Å². The van der Waals surface area contributed by atoms with Gasteiger partial charge in [-0.25, -0.2) is 4.99 Å². The summed E-state index contributed by atoms with van der Waals surface area (Å²) in [7, 11) is 1.98. The number of nitrogens with zero attached hydrogens (tertiary/aromatic N) is 3. The zero-order valence-electron chi connectivity index (χ0n) is 11.2. The van der Waals surface area contributed by atoms with Crippen molar-refractivity contribution in [3.8, 4) is 0 Å². The Hall–Kier alpha value is -1.68. The predicted molar refractivity (Wildman–Crippen MR) is 76.7 cm³/mol. The van der Waals surface area contributed by atoms with Crippen LogP contribution >= 0.6 is 0 Å². The summed E-state index contributed by atoms with van der Waals surface area (Å²) in [5.74, 6) is 0.244. The van der Waals surface area contributed by atoms with E-state index in [1.165, 1.54) is 5.57 Å². The lowest BCUT2D eigenvalue weighted by Crippen LogP contribution is -2.39. The van der Waals surface area contributed by atoms with Crippen LogP contribution in [-0.2, 0) is 0 Å². The van der Waals surface area contributed by atoms with Gasteiger partial charge in [-0.15, -0.1) is 0 Å². The van der Waals surface area contributed by atoms with E-state index >= 15 is 0 Å². The van der Waals surface area contributed by atoms with Crippen LogP contribution in [0, 0.1) is 5.92 Å². The Bertz CT molecular complexity index is 470. The van der Waals surface area contributed by atoms with Gasteiger partial charge in [0.05, 0.1) is 17.9 Å². The molecule has 4 heteroatoms. The van der Waals surface area contributed by atoms with Gasteiger partial charge in [0.25, 0.3) is 0 Å². The largest absolute Gasteiger partial charge is 0.356 e. The number of likely N-dealkylation sites (N-methyl/N-ethyl adjacent to an activating group) is 1. The van der Waals surface area contributed by atoms with E-state index in [0.717, 1.165) is 11.4 Å². The van der Waals surface area contributed by atoms with E-state index in [1.54, 1.807) is 12.4 Å². The lowest BCUT2D eigenvalue weighted by atomic mass is 9.87. The number of allylic oxidation sites excluding steroid dienone is 2. The molecular weight excluding hydrogens is 224 g/mol. The zero-order chi connectivity index (χ0) is 13.3. The highest BCUT2D eigenvalue weighted by Gasteiger charge is 2.27. The van der Waals surface area contributed by atoms with E-state index in [4.69, 9.17) is 5.73 Å². The molecule has 18 heavy (non-hydrogen) atoms. The minimum Gasteiger partial charge on any atom is -0.356 e. The Kier molecular flexibility index (Phi) is 3.48. The summed E-state index contributed by atoms with van der Waals surface area (Å²) in [5, 5.41) is 0. The summed E-state index contributed by atoms with van der Waals surface area (Å²) in [5.41, 5.74) is 9.38. The summed E-state index contributed by atoms with van der Waals surface area (Å²) >= 11 is 0. The van der Waals surface area contributed by atoms with Crippen molar-refractivity contribution >= 4 is 12.1 Å². The molecule has 0 bridgehead atoms. The normalized spacial score (nSPS) is 27.7. The lowest BCUT2D eigenvalue weighted by molar-refractivity contribution is 0.362. The molecule has 2 N–H and O–H groups in total. The van der Waals surface area contributed by atoms with Crippen LogP contribution in [0.3, 0.4) is 0 Å². The zero-order valence-corrected chi connectivity index (χ0v) is 11.2. The fraction of sp³-hybridized carbons (Fsp3) is 0.429. The number of aliphatic imine (C=N–C) groups is 2. The predicted octanol–water partition coefficient (Wildman–Crippen LogP) is 1.72. The first-order valence-electron chi connectivity index (χ1n) is 6.15. The molecule has 1 heterocycles. The Balaban J connectivity index is 2.33. The van der Waals surface area contributed by atoms with Gasteiger partial charge in [-0.1, -0.05) is 12.7 Å². The van der Waals surface area contributed by atoms with Crippen LogP contribution < -0.4 is 5.73 Å². The second-order valence-electron chi connectivity index (χ2n) is 4.80. The average molecular weight is 244 g/mol. The Morgan fingerprint density at radius 2 is 2.28 bits per heavy atom. The van der Waals surface area contributed by atoms with Gasteiger partial charge in [0.15, 0.2) is 0 Å². The maximum Gasteiger partial charge on any atom is 0.110 e. The molecule has 0 saturated heterocycles. The van der Waals surface area contributed by atoms with Crippen LogP contribution in [0.2, 0.25) is 0 Å². The number of hydrogen-bond acceptors (Lipinski definition) is 4. The van der Waals surface area contributed by atoms with Crippen LogP contribution in [0.5, 0.6) is 0 Å². The number of fused-ring (bicyclic) bond motifs is 1. The molecule has 1 aliphatic heterocycles. The summed E-state index contributed by atoms with van der Waals surface area (Å²) in [4.78, 5) is 10.7. The molecule has 0 saturated carbocycles. The van der Waals surface area contributed by atoms with Crippen LogP contribution in [0.15, 0.2) is 46.1 Å². The van der Waals surface area contributed by atoms with Crippen molar-refractivity contribution in [2.24, 2.45) is 21.6 Å². The smallest absolute Gasteiger partial charge is 0.110 e. The number of nitrogens with two attached hydrogens (primary N) is 1. The van der Waals surface area contributed by atoms with Crippen LogP contribution in [-0.4, -0.2) is 36.2 Å². The summed E-state index contributed by atoms with van der Waals surface area (Å²) in [6.07, 6.45) is 7.53. The second-order valence-corrected chi connectivity index (χ2v) is 4.80. The molecule has 0 fully saturated rings. The van der Waals surface area contributed by atoms with Crippen molar-refractivity contribution in [1.29, 1.82) is 0 Å². The van der Waals surface area contributed by atoms with Gasteiger partial charge in [0.1, 0.15) is 6.34 Å². The topological polar surface area (TPSA) is 54.0 Å². The van der Waals surface area contributed by atoms with Crippen molar-refractivity contribution in [2.45, 2.75) is 26.1 Å². The van der Waals surface area contributed by atoms with E-state index in [1.807, 2.05) is 11.9 Å². The standard InChI is InChI=1S/C14H20N4/c1-5-14(15)18(4)13-7-11-10(3)16-8-17-12(11)6-9(13)2/h5-8,10-11,14H,1,15H2,2-4H3. The second kappa shape index (κ2) is 4.90. The van der Waals surface area contributed by atoms with Crippen LogP contribution in [0.1, 0.15) is 13.8 Å². The van der Waals surface area contributed by atoms with Gasteiger partial charge < -0.3 is 10.6 Å². The number of hydrogen-bond donors (Lipinski definition) is 1. The molecule has 0 aromatic rings. The third kappa shape index (κ3) is 2.16. The molecule has 2 rings (SSSR count). The highest BCUT2D eigenvalue weighted by atomic mass is 15.2. The van der Waals surface area contributed by atoms with Gasteiger partial charge in [0, 0.05) is 18.7 Å². The molecule has 0 aromatic carbocycles. The fourth-order valence-corrected chi connectivity index (χ4v) is 2.30. The molecule has 3 unspecified atom stereocenters. The van der Waals surface area contributed by atoms with Gasteiger partial charge in [0.2, 0.25) is 0 Å². The molecule has 0 amide bonds. The highest BCUT2D eigenvalue weighted by Crippen LogP contribution is 2.28. The molecular formula is C14H20N4. The fourth-order valence-electron chi connectivity index (χ4n) is 2.30. The van der Waals surface area contributed by atoms with Crippen molar-refractivity contribution in [2.75, 3.05) is 7.05 Å². The molecule has 1 aliphatic carbocycles. The monoisotopic (exact) mass is 244 g/mol. The average Bonchev–Trinajstić information content (AvgIpc) is 2.36. The van der Waals surface area contributed by atoms with E-state index in [9.17, 15) is 0 Å². The molecule has 96 valence electrons. The van der Waals surface area contributed by atoms with Crippen LogP contribution in [0.4, 0.5) is 0 Å². The minimum atomic E-state index is -0.180. The van der Waals surface area contributed by atoms with Gasteiger partial charge >= 0.3 is 0 Å². The first-order chi connectivity index (χ1) is 8.54. The van der Waals surface area contributed by atoms with Crippen LogP contribution in [0.25, 0.3) is 0 Å². The summed E-state index contributed by atoms with van der Waals surface area (Å²) in [6, 6.07) is 0.227. The summed E-state index contributed by atoms with van der Waals surface area (Å²) in [6.45, 7) is 7.92. The van der Waals surface area contributed by atoms with Crippen molar-refractivity contribution in [3.63, 3.8) is 0 Å². The van der Waals surface area contributed by atoms with E-state index in [0.29, 0.717) is 0 Å². The third-order valence-corrected chi connectivity index (χ3v) is 3.54. The molecule has 3 atom stereocenters. The molecule has 0 radical (unpaired) electrons. The molecule has 0 aromatic heterocycles. The maximum atomic E-state index is 5.99. The van der Waals surface area contributed by atoms with Crippen molar-refractivity contribution in [3.05, 3.63) is 36.1 Å². The van der Waals surface area contributed by atoms with E-state index in [2.05, 4.69) is 42.6 Å². The van der Waals surface area contributed by atoms with E-state index < -0.39 is 0 Å². The quantitative estimate of drug-likeness (QED) is 0.607. The van der Waals surface area contributed by atoms with Gasteiger partial charge in [-0.2, -0.15) is 0 Å². The third-order valence-electron chi connectivity index (χ3n) is 3.54. The van der Waals surface area contributed by atoms with Crippen molar-refractivity contribution < 1.29 is 0 Å². The maximum absolute atomic E-state index is 5.99. The summed E-state index contributed by atoms with van der Waals surface area (Å²) < 4.78 is 0. The van der Waals surface area contributed by atoms with Gasteiger partial charge in [-0.3, -0.25) is 4.99 Å². The lowest BCUT2D eigenvalue weighted by Gasteiger charge is -2.33. The Morgan fingerprint density at radius 1 is 1.56 bits per heavy atom. The first-order valence-corrected chi connectivity index (χ1v) is 6.15. The Morgan fingerprint density at radius 3 is 2.94 bits per heavy atom. The highest BCUT2D eigenvalue weighted by molar-refractivity contribution is 6.05. The molecule has 2 aliphatic rings. The van der Waals surface area contributed by atoms with Crippen molar-refractivity contribution in [1.82, 2.24) is 4.90 Å². The molecule has 4 nitrogen and oxygen atoms in total. The van der Waals surface area contributed by atoms with Gasteiger partial charge in [-0.05, 0) is 31.6 Å².